The smallest absolute Gasteiger partial charge is 0.131 e. The quantitative estimate of drug-likeness (QED) is 0.0309. The molecule has 6 bridgehead atoms. The number of fused-ring (bicyclic) bond motifs is 9. The second kappa shape index (κ2) is 44.2. The number of quaternary nitrogens is 6. The van der Waals surface area contributed by atoms with Gasteiger partial charge in [0, 0.05) is 13.0 Å². The van der Waals surface area contributed by atoms with Crippen LogP contribution in [0.25, 0.3) is 0 Å². The Kier molecular flexibility index (Phi) is 39.2. The van der Waals surface area contributed by atoms with Crippen LogP contribution in [0.3, 0.4) is 0 Å². The van der Waals surface area contributed by atoms with Crippen LogP contribution in [0.5, 0.6) is 0 Å². The third kappa shape index (κ3) is 28.8. The summed E-state index contributed by atoms with van der Waals surface area (Å²) in [5, 5.41) is 54.0. The Hall–Kier alpha value is -0.440. The monoisotopic (exact) mass is 1220 g/mol. The summed E-state index contributed by atoms with van der Waals surface area (Å²) in [6, 6.07) is 0. The van der Waals surface area contributed by atoms with Crippen LogP contribution in [-0.4, -0.2) is 241 Å². The first-order valence-electron chi connectivity index (χ1n) is 39.4. The maximum Gasteiger partial charge on any atom is 0.131 e. The molecule has 9 fully saturated rings. The number of aliphatic hydroxyl groups excluding tert-OH is 5. The van der Waals surface area contributed by atoms with Crippen molar-refractivity contribution in [1.82, 2.24) is 0 Å². The first-order chi connectivity index (χ1) is 41.9. The SMILES string of the molecule is CCCCCCCCCCCCCCCC[N+]12CC[N+](CC(O)C(O)C(O)C(O)C[N+]34CC[N+](CCCCCCCCCCCCCCCC)(CC3)CC4)(CC1)CC2.CCCCCCCCCCCCCCCC[N+]12CC[N+](CCCO)(CC1)CC2. The zero-order valence-corrected chi connectivity index (χ0v) is 58.3. The van der Waals surface area contributed by atoms with Gasteiger partial charge >= 0.3 is 0 Å². The number of hydrogen-bond donors (Lipinski definition) is 5. The van der Waals surface area contributed by atoms with Gasteiger partial charge in [-0.25, -0.2) is 0 Å². The number of piperazine rings is 9. The van der Waals surface area contributed by atoms with E-state index in [1.165, 1.54) is 392 Å². The van der Waals surface area contributed by atoms with Gasteiger partial charge in [0.1, 0.15) is 155 Å². The van der Waals surface area contributed by atoms with E-state index in [0.29, 0.717) is 19.7 Å². The summed E-state index contributed by atoms with van der Waals surface area (Å²) >= 11 is 0. The van der Waals surface area contributed by atoms with E-state index in [2.05, 4.69) is 20.8 Å². The summed E-state index contributed by atoms with van der Waals surface area (Å²) in [7, 11) is 0. The van der Waals surface area contributed by atoms with Crippen LogP contribution in [-0.2, 0) is 0 Å². The Morgan fingerprint density at radius 2 is 0.360 bits per heavy atom. The predicted octanol–water partition coefficient (Wildman–Crippen LogP) is 14.2. The van der Waals surface area contributed by atoms with Crippen LogP contribution in [0, 0.1) is 0 Å². The van der Waals surface area contributed by atoms with E-state index in [-0.39, 0.29) is 0 Å². The summed E-state index contributed by atoms with van der Waals surface area (Å²) in [4.78, 5) is 0. The Balaban J connectivity index is 0.000000402. The summed E-state index contributed by atoms with van der Waals surface area (Å²) in [5.74, 6) is 0. The highest BCUT2D eigenvalue weighted by molar-refractivity contribution is 4.83. The average molecular weight is 1220 g/mol. The Labute approximate surface area is 535 Å². The molecule has 9 rings (SSSR count). The molecule has 9 aliphatic rings. The zero-order valence-electron chi connectivity index (χ0n) is 58.3. The van der Waals surface area contributed by atoms with Crippen LogP contribution in [0.4, 0.5) is 0 Å². The number of rotatable bonds is 55. The van der Waals surface area contributed by atoms with Gasteiger partial charge in [-0.2, -0.15) is 0 Å². The third-order valence-corrected chi connectivity index (χ3v) is 24.5. The Morgan fingerprint density at radius 1 is 0.209 bits per heavy atom. The van der Waals surface area contributed by atoms with Gasteiger partial charge in [-0.15, -0.1) is 0 Å². The van der Waals surface area contributed by atoms with Crippen LogP contribution < -0.4 is 0 Å². The molecule has 0 aromatic heterocycles. The van der Waals surface area contributed by atoms with Crippen LogP contribution in [0.2, 0.25) is 0 Å². The molecule has 9 heterocycles. The molecular weight excluding hydrogens is 1060 g/mol. The maximum absolute atomic E-state index is 11.3. The molecule has 86 heavy (non-hydrogen) atoms. The topological polar surface area (TPSA) is 101 Å². The Morgan fingerprint density at radius 3 is 0.535 bits per heavy atom. The molecule has 4 atom stereocenters. The minimum atomic E-state index is -1.30. The number of hydrogen-bond acceptors (Lipinski definition) is 5. The predicted molar refractivity (Wildman–Crippen MR) is 365 cm³/mol. The van der Waals surface area contributed by atoms with Gasteiger partial charge in [-0.05, 0) is 38.5 Å². The van der Waals surface area contributed by atoms with Crippen molar-refractivity contribution >= 4 is 0 Å². The lowest BCUT2D eigenvalue weighted by molar-refractivity contribution is -1.08. The first-order valence-corrected chi connectivity index (χ1v) is 39.4. The summed E-state index contributed by atoms with van der Waals surface area (Å²) in [5.41, 5.74) is 0. The lowest BCUT2D eigenvalue weighted by Gasteiger charge is -2.56. The van der Waals surface area contributed by atoms with Gasteiger partial charge in [-0.3, -0.25) is 0 Å². The van der Waals surface area contributed by atoms with Crippen LogP contribution in [0.15, 0.2) is 0 Å². The summed E-state index contributed by atoms with van der Waals surface area (Å²) in [6.45, 7) is 35.2. The lowest BCUT2D eigenvalue weighted by atomic mass is 9.97. The average Bonchev–Trinajstić information content (AvgIpc) is 2.28. The van der Waals surface area contributed by atoms with Crippen molar-refractivity contribution in [1.29, 1.82) is 0 Å². The fourth-order valence-electron chi connectivity index (χ4n) is 17.5. The van der Waals surface area contributed by atoms with E-state index in [1.54, 1.807) is 0 Å². The maximum atomic E-state index is 11.3. The van der Waals surface area contributed by atoms with E-state index in [4.69, 9.17) is 5.11 Å². The summed E-state index contributed by atoms with van der Waals surface area (Å²) < 4.78 is 6.96. The molecule has 9 saturated heterocycles. The lowest BCUT2D eigenvalue weighted by Crippen LogP contribution is -2.77. The molecule has 0 saturated carbocycles. The van der Waals surface area contributed by atoms with Crippen molar-refractivity contribution in [3.05, 3.63) is 0 Å². The molecule has 0 aromatic rings. The molecular formula is C75H154N6O5+6. The summed E-state index contributed by atoms with van der Waals surface area (Å²) in [6.07, 6.45) is 56.2. The van der Waals surface area contributed by atoms with Crippen molar-refractivity contribution in [2.45, 2.75) is 321 Å². The fourth-order valence-corrected chi connectivity index (χ4v) is 17.5. The number of nitrogens with zero attached hydrogens (tertiary/aromatic N) is 6. The highest BCUT2D eigenvalue weighted by Crippen LogP contribution is 2.32. The molecule has 0 amide bonds. The molecule has 0 radical (unpaired) electrons. The van der Waals surface area contributed by atoms with Gasteiger partial charge in [0.25, 0.3) is 0 Å². The molecule has 0 spiro atoms. The van der Waals surface area contributed by atoms with Crippen molar-refractivity contribution in [2.75, 3.05) is 164 Å². The van der Waals surface area contributed by atoms with E-state index in [0.717, 1.165) is 54.7 Å². The standard InChI is InChI=1S/C50H102N4O4.C25H52N2O/c1-3-5-7-9-11-13-15-17-19-21-23-25-27-29-31-51-33-39-53(40-34-51,41-35-51)45-47(55)49(57)50(58)48(56)46-54-42-36-52(37-43-54,38-44-54)32-30-28-26-24-22-20-18-16-14-12-10-8-6-4-2;1-2-3-4-5-6-7-8-9-10-11-12-13-14-15-17-26-19-22-27(23-20-26,24-21-26)18-16-25-28/h47-50,55-58H,3-46H2,1-2H3;28H,2-25H2,1H3/q+4;+2. The first kappa shape index (κ1) is 76.3. The molecule has 11 nitrogen and oxygen atoms in total. The molecule has 9 aliphatic heterocycles. The van der Waals surface area contributed by atoms with Gasteiger partial charge in [0.05, 0.1) is 26.2 Å². The largest absolute Gasteiger partial charge is 0.396 e. The molecule has 0 aromatic carbocycles. The van der Waals surface area contributed by atoms with Crippen molar-refractivity contribution in [2.24, 2.45) is 0 Å². The van der Waals surface area contributed by atoms with E-state index in [1.807, 2.05) is 0 Å². The van der Waals surface area contributed by atoms with Gasteiger partial charge in [0.15, 0.2) is 0 Å². The second-order valence-electron chi connectivity index (χ2n) is 31.3. The van der Waals surface area contributed by atoms with E-state index >= 15 is 0 Å². The highest BCUT2D eigenvalue weighted by atomic mass is 16.4. The molecule has 5 N–H and O–H groups in total. The van der Waals surface area contributed by atoms with E-state index in [9.17, 15) is 20.4 Å². The minimum Gasteiger partial charge on any atom is -0.396 e. The number of unbranched alkanes of at least 4 members (excludes halogenated alkanes) is 39. The van der Waals surface area contributed by atoms with Crippen molar-refractivity contribution in [3.63, 3.8) is 0 Å². The van der Waals surface area contributed by atoms with E-state index < -0.39 is 24.4 Å². The highest BCUT2D eigenvalue weighted by Gasteiger charge is 2.53. The zero-order chi connectivity index (χ0) is 61.4. The number of aliphatic hydroxyl groups is 5. The Bertz CT molecular complexity index is 1480. The normalized spacial score (nSPS) is 28.2. The third-order valence-electron chi connectivity index (χ3n) is 24.5. The minimum absolute atomic E-state index is 0.374. The molecule has 4 unspecified atom stereocenters. The molecule has 11 heteroatoms. The van der Waals surface area contributed by atoms with Crippen molar-refractivity contribution in [3.8, 4) is 0 Å². The fraction of sp³-hybridized carbons (Fsp3) is 1.00. The second-order valence-corrected chi connectivity index (χ2v) is 31.3. The van der Waals surface area contributed by atoms with Crippen molar-refractivity contribution < 1.29 is 52.4 Å². The molecule has 508 valence electrons. The van der Waals surface area contributed by atoms with Gasteiger partial charge < -0.3 is 52.4 Å². The molecule has 0 aliphatic carbocycles. The van der Waals surface area contributed by atoms with Gasteiger partial charge in [-0.1, -0.05) is 252 Å². The van der Waals surface area contributed by atoms with Gasteiger partial charge in [0.2, 0.25) is 0 Å². The van der Waals surface area contributed by atoms with Crippen LogP contribution in [0.1, 0.15) is 297 Å². The van der Waals surface area contributed by atoms with Crippen LogP contribution >= 0.6 is 0 Å².